The van der Waals surface area contributed by atoms with Gasteiger partial charge in [-0.1, -0.05) is 43.3 Å². The number of aryl methyl sites for hydroxylation is 1. The zero-order valence-electron chi connectivity index (χ0n) is 16.2. The molecule has 0 unspecified atom stereocenters. The van der Waals surface area contributed by atoms with E-state index < -0.39 is 0 Å². The minimum atomic E-state index is 0.0419. The Balaban J connectivity index is 1.93. The molecule has 1 saturated heterocycles. The molecule has 27 heavy (non-hydrogen) atoms. The molecule has 0 bridgehead atoms. The van der Waals surface area contributed by atoms with Crippen LogP contribution in [0.4, 0.5) is 0 Å². The van der Waals surface area contributed by atoms with Gasteiger partial charge in [-0.2, -0.15) is 0 Å². The zero-order chi connectivity index (χ0) is 19.4. The van der Waals surface area contributed by atoms with E-state index >= 15 is 0 Å². The number of piperidine rings is 1. The lowest BCUT2D eigenvalue weighted by Crippen LogP contribution is -2.36. The molecule has 4 heteroatoms. The maximum Gasteiger partial charge on any atom is 0.253 e. The molecule has 3 nitrogen and oxygen atoms in total. The van der Waals surface area contributed by atoms with E-state index in [4.69, 9.17) is 11.6 Å². The average molecular weight is 383 g/mol. The summed E-state index contributed by atoms with van der Waals surface area (Å²) in [5.41, 5.74) is 4.84. The van der Waals surface area contributed by atoms with Crippen LogP contribution in [-0.2, 0) is 11.2 Å². The number of amides is 1. The molecule has 1 aromatic heterocycles. The number of carbonyl (C=O) groups is 1. The van der Waals surface area contributed by atoms with Crippen molar-refractivity contribution in [2.45, 2.75) is 39.5 Å². The Labute approximate surface area is 166 Å². The van der Waals surface area contributed by atoms with Crippen molar-refractivity contribution in [2.75, 3.05) is 13.1 Å². The quantitative estimate of drug-likeness (QED) is 0.489. The third-order valence-corrected chi connectivity index (χ3v) is 5.58. The summed E-state index contributed by atoms with van der Waals surface area (Å²) in [5.74, 6) is 0.0419. The highest BCUT2D eigenvalue weighted by Gasteiger charge is 2.20. The van der Waals surface area contributed by atoms with Gasteiger partial charge in [0.25, 0.3) is 5.91 Å². The summed E-state index contributed by atoms with van der Waals surface area (Å²) >= 11 is 6.53. The van der Waals surface area contributed by atoms with Crippen molar-refractivity contribution in [2.24, 2.45) is 0 Å². The van der Waals surface area contributed by atoms with E-state index in [0.717, 1.165) is 49.3 Å². The number of hydrogen-bond donors (Lipinski definition) is 0. The van der Waals surface area contributed by atoms with Gasteiger partial charge in [0.2, 0.25) is 0 Å². The van der Waals surface area contributed by atoms with E-state index in [9.17, 15) is 4.79 Å². The van der Waals surface area contributed by atoms with Crippen LogP contribution in [-0.4, -0.2) is 28.5 Å². The molecule has 0 saturated carbocycles. The first-order valence-electron chi connectivity index (χ1n) is 9.65. The third-order valence-electron chi connectivity index (χ3n) is 5.28. The van der Waals surface area contributed by atoms with Crippen molar-refractivity contribution < 1.29 is 4.79 Å². The minimum absolute atomic E-state index is 0.0419. The standard InChI is InChI=1S/C23H27ClN2O/c1-4-18-9-11-20(12-10-18)26-16-22(24)21(17(26)3)15-19(5-2)23(27)25-13-7-6-8-14-25/h5,9-12,15-16H,2,4,6-8,13-14H2,1,3H3/b19-15+. The molecule has 142 valence electrons. The number of halogens is 1. The highest BCUT2D eigenvalue weighted by Crippen LogP contribution is 2.28. The number of carbonyl (C=O) groups excluding carboxylic acids is 1. The molecular formula is C23H27ClN2O. The minimum Gasteiger partial charge on any atom is -0.339 e. The fraction of sp³-hybridized carbons (Fsp3) is 0.348. The molecule has 1 aliphatic rings. The predicted octanol–water partition coefficient (Wildman–Crippen LogP) is 5.58. The summed E-state index contributed by atoms with van der Waals surface area (Å²) in [7, 11) is 0. The first kappa shape index (κ1) is 19.5. The van der Waals surface area contributed by atoms with Gasteiger partial charge in [0.05, 0.1) is 5.02 Å². The van der Waals surface area contributed by atoms with Crippen LogP contribution < -0.4 is 0 Å². The Kier molecular flexibility index (Phi) is 6.22. The molecule has 2 heterocycles. The van der Waals surface area contributed by atoms with E-state index in [1.54, 1.807) is 6.08 Å². The van der Waals surface area contributed by atoms with Gasteiger partial charge in [0, 0.05) is 41.8 Å². The average Bonchev–Trinajstić information content (AvgIpc) is 3.00. The van der Waals surface area contributed by atoms with E-state index in [0.29, 0.717) is 10.6 Å². The maximum absolute atomic E-state index is 12.8. The molecule has 0 N–H and O–H groups in total. The number of hydrogen-bond acceptors (Lipinski definition) is 1. The monoisotopic (exact) mass is 382 g/mol. The molecular weight excluding hydrogens is 356 g/mol. The second-order valence-corrected chi connectivity index (χ2v) is 7.43. The summed E-state index contributed by atoms with van der Waals surface area (Å²) in [4.78, 5) is 14.8. The van der Waals surface area contributed by atoms with Crippen LogP contribution in [0.3, 0.4) is 0 Å². The van der Waals surface area contributed by atoms with Crippen LogP contribution in [0.5, 0.6) is 0 Å². The fourth-order valence-electron chi connectivity index (χ4n) is 3.56. The van der Waals surface area contributed by atoms with Crippen molar-refractivity contribution in [3.63, 3.8) is 0 Å². The van der Waals surface area contributed by atoms with E-state index in [2.05, 4.69) is 42.3 Å². The van der Waals surface area contributed by atoms with E-state index in [-0.39, 0.29) is 5.91 Å². The van der Waals surface area contributed by atoms with Gasteiger partial charge >= 0.3 is 0 Å². The summed E-state index contributed by atoms with van der Waals surface area (Å²) in [6.45, 7) is 9.66. The first-order valence-corrected chi connectivity index (χ1v) is 10.0. The van der Waals surface area contributed by atoms with Crippen LogP contribution in [0.15, 0.2) is 48.7 Å². The molecule has 1 aliphatic heterocycles. The highest BCUT2D eigenvalue weighted by molar-refractivity contribution is 6.32. The fourth-order valence-corrected chi connectivity index (χ4v) is 3.85. The van der Waals surface area contributed by atoms with Gasteiger partial charge in [0.15, 0.2) is 0 Å². The van der Waals surface area contributed by atoms with Gasteiger partial charge < -0.3 is 9.47 Å². The molecule has 0 atom stereocenters. The lowest BCUT2D eigenvalue weighted by atomic mass is 10.1. The molecule has 0 radical (unpaired) electrons. The van der Waals surface area contributed by atoms with Gasteiger partial charge in [-0.25, -0.2) is 0 Å². The number of aromatic nitrogens is 1. The smallest absolute Gasteiger partial charge is 0.253 e. The van der Waals surface area contributed by atoms with Crippen molar-refractivity contribution >= 4 is 23.6 Å². The van der Waals surface area contributed by atoms with Gasteiger partial charge in [-0.05, 0) is 56.4 Å². The van der Waals surface area contributed by atoms with Crippen LogP contribution in [0.25, 0.3) is 11.8 Å². The van der Waals surface area contributed by atoms with E-state index in [1.165, 1.54) is 12.0 Å². The highest BCUT2D eigenvalue weighted by atomic mass is 35.5. The lowest BCUT2D eigenvalue weighted by molar-refractivity contribution is -0.127. The first-order chi connectivity index (χ1) is 13.0. The summed E-state index contributed by atoms with van der Waals surface area (Å²) < 4.78 is 2.07. The second kappa shape index (κ2) is 8.62. The van der Waals surface area contributed by atoms with Gasteiger partial charge in [-0.3, -0.25) is 4.79 Å². The normalized spacial score (nSPS) is 15.1. The maximum atomic E-state index is 12.8. The number of rotatable bonds is 5. The molecule has 1 fully saturated rings. The van der Waals surface area contributed by atoms with Gasteiger partial charge in [-0.15, -0.1) is 0 Å². The third kappa shape index (κ3) is 4.19. The Morgan fingerprint density at radius 2 is 1.85 bits per heavy atom. The Bertz CT molecular complexity index is 855. The Morgan fingerprint density at radius 3 is 2.44 bits per heavy atom. The van der Waals surface area contributed by atoms with Crippen molar-refractivity contribution in [3.8, 4) is 5.69 Å². The van der Waals surface area contributed by atoms with Crippen LogP contribution >= 0.6 is 11.6 Å². The summed E-state index contributed by atoms with van der Waals surface area (Å²) in [6.07, 6.45) is 9.77. The predicted molar refractivity (Wildman–Crippen MR) is 113 cm³/mol. The molecule has 1 amide bonds. The number of likely N-dealkylation sites (tertiary alicyclic amines) is 1. The molecule has 0 spiro atoms. The molecule has 3 rings (SSSR count). The van der Waals surface area contributed by atoms with Crippen LogP contribution in [0.1, 0.15) is 43.0 Å². The SMILES string of the molecule is C=C/C(=C\c1c(Cl)cn(-c2ccc(CC)cc2)c1C)C(=O)N1CCCCC1. The summed E-state index contributed by atoms with van der Waals surface area (Å²) in [6, 6.07) is 8.46. The van der Waals surface area contributed by atoms with Gasteiger partial charge in [0.1, 0.15) is 0 Å². The van der Waals surface area contributed by atoms with Crippen molar-refractivity contribution in [3.05, 3.63) is 70.5 Å². The lowest BCUT2D eigenvalue weighted by Gasteiger charge is -2.27. The van der Waals surface area contributed by atoms with E-state index in [1.807, 2.05) is 24.1 Å². The zero-order valence-corrected chi connectivity index (χ0v) is 16.9. The second-order valence-electron chi connectivity index (χ2n) is 7.02. The van der Waals surface area contributed by atoms with Crippen LogP contribution in [0.2, 0.25) is 5.02 Å². The summed E-state index contributed by atoms with van der Waals surface area (Å²) in [5, 5.41) is 0.637. The van der Waals surface area contributed by atoms with Crippen LogP contribution in [0, 0.1) is 6.92 Å². The molecule has 2 aromatic rings. The largest absolute Gasteiger partial charge is 0.339 e. The van der Waals surface area contributed by atoms with Crippen molar-refractivity contribution in [1.82, 2.24) is 9.47 Å². The Hall–Kier alpha value is -2.26. The number of benzene rings is 1. The molecule has 0 aliphatic carbocycles. The molecule has 1 aromatic carbocycles. The Morgan fingerprint density at radius 1 is 1.19 bits per heavy atom. The van der Waals surface area contributed by atoms with Crippen molar-refractivity contribution in [1.29, 1.82) is 0 Å². The topological polar surface area (TPSA) is 25.2 Å². The number of nitrogens with zero attached hydrogens (tertiary/aromatic N) is 2.